The Morgan fingerprint density at radius 1 is 1.05 bits per heavy atom. The van der Waals surface area contributed by atoms with Gasteiger partial charge in [0.1, 0.15) is 18.1 Å². The molecule has 10 heteroatoms. The van der Waals surface area contributed by atoms with Crippen LogP contribution in [-0.2, 0) is 32.7 Å². The summed E-state index contributed by atoms with van der Waals surface area (Å²) in [5.74, 6) is 1.36. The van der Waals surface area contributed by atoms with E-state index < -0.39 is 16.2 Å². The highest BCUT2D eigenvalue weighted by Gasteiger charge is 2.30. The molecular formula is C27H35N3O6S. The molecule has 9 nitrogen and oxygen atoms in total. The van der Waals surface area contributed by atoms with E-state index in [-0.39, 0.29) is 19.1 Å². The van der Waals surface area contributed by atoms with Crippen LogP contribution in [0.25, 0.3) is 11.5 Å². The van der Waals surface area contributed by atoms with E-state index in [2.05, 4.69) is 4.98 Å². The van der Waals surface area contributed by atoms with Gasteiger partial charge in [0.15, 0.2) is 0 Å². The number of esters is 1. The molecule has 0 bridgehead atoms. The fourth-order valence-electron chi connectivity index (χ4n) is 3.52. The van der Waals surface area contributed by atoms with Crippen LogP contribution in [0.5, 0.6) is 5.75 Å². The van der Waals surface area contributed by atoms with Crippen molar-refractivity contribution < 1.29 is 27.1 Å². The first-order valence-electron chi connectivity index (χ1n) is 12.1. The molecule has 0 N–H and O–H groups in total. The monoisotopic (exact) mass is 529 g/mol. The Morgan fingerprint density at radius 3 is 2.30 bits per heavy atom. The number of oxazole rings is 1. The molecule has 0 spiro atoms. The number of aryl methyl sites for hydroxylation is 2. The first-order valence-corrected chi connectivity index (χ1v) is 13.5. The molecule has 1 heterocycles. The van der Waals surface area contributed by atoms with Crippen LogP contribution in [0, 0.1) is 13.8 Å². The lowest BCUT2D eigenvalue weighted by Gasteiger charge is -2.29. The minimum Gasteiger partial charge on any atom is -0.493 e. The number of aromatic nitrogens is 1. The van der Waals surface area contributed by atoms with Crippen molar-refractivity contribution in [2.45, 2.75) is 46.7 Å². The van der Waals surface area contributed by atoms with Crippen LogP contribution in [0.15, 0.2) is 52.9 Å². The summed E-state index contributed by atoms with van der Waals surface area (Å²) in [6.07, 6.45) is 0.579. The van der Waals surface area contributed by atoms with E-state index in [1.54, 1.807) is 38.1 Å². The van der Waals surface area contributed by atoms with Crippen LogP contribution in [0.4, 0.5) is 0 Å². The third kappa shape index (κ3) is 7.41. The number of hydrogen-bond acceptors (Lipinski definition) is 7. The number of nitrogens with zero attached hydrogens (tertiary/aromatic N) is 3. The highest BCUT2D eigenvalue weighted by molar-refractivity contribution is 7.86. The van der Waals surface area contributed by atoms with Gasteiger partial charge in [0, 0.05) is 31.6 Å². The largest absolute Gasteiger partial charge is 0.493 e. The zero-order chi connectivity index (χ0) is 27.2. The summed E-state index contributed by atoms with van der Waals surface area (Å²) < 4.78 is 44.8. The van der Waals surface area contributed by atoms with Gasteiger partial charge in [-0.2, -0.15) is 17.0 Å². The van der Waals surface area contributed by atoms with Crippen LogP contribution < -0.4 is 4.74 Å². The van der Waals surface area contributed by atoms with Gasteiger partial charge in [-0.05, 0) is 57.5 Å². The lowest BCUT2D eigenvalue weighted by molar-refractivity contribution is -0.140. The van der Waals surface area contributed by atoms with Crippen molar-refractivity contribution in [2.75, 3.05) is 27.3 Å². The summed E-state index contributed by atoms with van der Waals surface area (Å²) in [6.45, 7) is 7.51. The van der Waals surface area contributed by atoms with Crippen molar-refractivity contribution in [1.82, 2.24) is 13.6 Å². The summed E-state index contributed by atoms with van der Waals surface area (Å²) in [5.41, 5.74) is 3.66. The summed E-state index contributed by atoms with van der Waals surface area (Å²) in [4.78, 5) is 16.5. The number of benzene rings is 2. The molecule has 1 aromatic heterocycles. The van der Waals surface area contributed by atoms with Crippen molar-refractivity contribution in [3.05, 3.63) is 71.1 Å². The smallest absolute Gasteiger partial charge is 0.321 e. The SMILES string of the molecule is COC(=O)CN(Cc1ccc(OCCc2nc(-c3ccc(C)cc3)oc2C)cc1)S(=O)(=O)N(C)C(C)C. The van der Waals surface area contributed by atoms with E-state index in [0.29, 0.717) is 30.2 Å². The zero-order valence-corrected chi connectivity index (χ0v) is 23.0. The van der Waals surface area contributed by atoms with Gasteiger partial charge in [-0.15, -0.1) is 0 Å². The van der Waals surface area contributed by atoms with Gasteiger partial charge >= 0.3 is 5.97 Å². The van der Waals surface area contributed by atoms with Crippen molar-refractivity contribution >= 4 is 16.2 Å². The molecule has 0 amide bonds. The Morgan fingerprint density at radius 2 is 1.70 bits per heavy atom. The lowest BCUT2D eigenvalue weighted by Crippen LogP contribution is -2.46. The van der Waals surface area contributed by atoms with E-state index in [0.717, 1.165) is 21.3 Å². The Bertz CT molecular complexity index is 1280. The molecule has 2 aromatic carbocycles. The summed E-state index contributed by atoms with van der Waals surface area (Å²) in [7, 11) is -1.15. The first-order chi connectivity index (χ1) is 17.5. The molecule has 0 saturated carbocycles. The second kappa shape index (κ2) is 12.4. The molecule has 0 saturated heterocycles. The molecule has 0 fully saturated rings. The maximum absolute atomic E-state index is 13.0. The molecule has 0 unspecified atom stereocenters. The molecule has 0 aliphatic rings. The first kappa shape index (κ1) is 28.4. The van der Waals surface area contributed by atoms with Crippen LogP contribution in [0.3, 0.4) is 0 Å². The van der Waals surface area contributed by atoms with Gasteiger partial charge in [-0.1, -0.05) is 29.8 Å². The van der Waals surface area contributed by atoms with E-state index in [4.69, 9.17) is 13.9 Å². The van der Waals surface area contributed by atoms with Crippen LogP contribution >= 0.6 is 0 Å². The van der Waals surface area contributed by atoms with E-state index in [1.165, 1.54) is 24.0 Å². The van der Waals surface area contributed by atoms with Gasteiger partial charge < -0.3 is 13.9 Å². The van der Waals surface area contributed by atoms with Gasteiger partial charge in [0.25, 0.3) is 10.2 Å². The predicted molar refractivity (Wildman–Crippen MR) is 141 cm³/mol. The normalized spacial score (nSPS) is 11.9. The topological polar surface area (TPSA) is 102 Å². The minimum absolute atomic E-state index is 0.0225. The number of carbonyl (C=O) groups excluding carboxylic acids is 1. The number of carbonyl (C=O) groups is 1. The summed E-state index contributed by atoms with van der Waals surface area (Å²) in [5, 5.41) is 0. The van der Waals surface area contributed by atoms with E-state index >= 15 is 0 Å². The summed E-state index contributed by atoms with van der Waals surface area (Å²) in [6, 6.07) is 14.9. The van der Waals surface area contributed by atoms with Crippen molar-refractivity contribution in [2.24, 2.45) is 0 Å². The number of rotatable bonds is 12. The molecule has 0 aliphatic heterocycles. The highest BCUT2D eigenvalue weighted by atomic mass is 32.2. The lowest BCUT2D eigenvalue weighted by atomic mass is 10.1. The van der Waals surface area contributed by atoms with Gasteiger partial charge in [-0.25, -0.2) is 4.98 Å². The molecule has 0 aliphatic carbocycles. The van der Waals surface area contributed by atoms with Crippen molar-refractivity contribution in [3.63, 3.8) is 0 Å². The predicted octanol–water partition coefficient (Wildman–Crippen LogP) is 4.14. The molecule has 3 rings (SSSR count). The molecule has 3 aromatic rings. The minimum atomic E-state index is -3.86. The van der Waals surface area contributed by atoms with Crippen molar-refractivity contribution in [3.8, 4) is 17.2 Å². The zero-order valence-electron chi connectivity index (χ0n) is 22.2. The van der Waals surface area contributed by atoms with E-state index in [9.17, 15) is 13.2 Å². The maximum Gasteiger partial charge on any atom is 0.321 e. The van der Waals surface area contributed by atoms with E-state index in [1.807, 2.05) is 38.1 Å². The molecule has 37 heavy (non-hydrogen) atoms. The number of hydrogen-bond donors (Lipinski definition) is 0. The molecule has 0 radical (unpaired) electrons. The Balaban J connectivity index is 1.62. The Hall–Kier alpha value is -3.21. The van der Waals surface area contributed by atoms with Gasteiger partial charge in [0.05, 0.1) is 19.4 Å². The number of methoxy groups -OCH3 is 1. The Labute approximate surface area is 219 Å². The standard InChI is InChI=1S/C27H35N3O6S/c1-19(2)29(5)37(32,33)30(18-26(31)34-6)17-22-9-13-24(14-10-22)35-16-15-25-21(4)36-27(28-25)23-11-7-20(3)8-12-23/h7-14,19H,15-18H2,1-6H3. The number of ether oxygens (including phenoxy) is 2. The second-order valence-electron chi connectivity index (χ2n) is 9.09. The van der Waals surface area contributed by atoms with Crippen LogP contribution in [0.1, 0.15) is 36.4 Å². The van der Waals surface area contributed by atoms with Gasteiger partial charge in [0.2, 0.25) is 5.89 Å². The fourth-order valence-corrected chi connectivity index (χ4v) is 4.99. The quantitative estimate of drug-likeness (QED) is 0.325. The molecule has 200 valence electrons. The highest BCUT2D eigenvalue weighted by Crippen LogP contribution is 2.23. The third-order valence-electron chi connectivity index (χ3n) is 6.03. The fraction of sp³-hybridized carbons (Fsp3) is 0.407. The van der Waals surface area contributed by atoms with Gasteiger partial charge in [-0.3, -0.25) is 4.79 Å². The third-order valence-corrected chi connectivity index (χ3v) is 8.09. The molecular weight excluding hydrogens is 494 g/mol. The second-order valence-corrected chi connectivity index (χ2v) is 11.1. The van der Waals surface area contributed by atoms with Crippen molar-refractivity contribution in [1.29, 1.82) is 0 Å². The average Bonchev–Trinajstić information content (AvgIpc) is 3.24. The molecule has 0 atom stereocenters. The summed E-state index contributed by atoms with van der Waals surface area (Å²) >= 11 is 0. The average molecular weight is 530 g/mol. The Kier molecular flexibility index (Phi) is 9.47. The maximum atomic E-state index is 13.0. The van der Waals surface area contributed by atoms with Crippen LogP contribution in [-0.4, -0.2) is 61.3 Å². The van der Waals surface area contributed by atoms with Crippen LogP contribution in [0.2, 0.25) is 0 Å².